The van der Waals surface area contributed by atoms with Crippen molar-refractivity contribution in [1.82, 2.24) is 3.97 Å². The van der Waals surface area contributed by atoms with Crippen LogP contribution < -0.4 is 0 Å². The Balaban J connectivity index is 2.35. The number of hydrogen-bond acceptors (Lipinski definition) is 3. The molecular weight excluding hydrogens is 266 g/mol. The lowest BCUT2D eigenvalue weighted by atomic mass is 10.3. The fourth-order valence-electron chi connectivity index (χ4n) is 1.52. The van der Waals surface area contributed by atoms with E-state index in [2.05, 4.69) is 0 Å². The minimum absolute atomic E-state index is 0.180. The molecular formula is C13H11NO4S. The van der Waals surface area contributed by atoms with E-state index in [1.54, 1.807) is 18.2 Å². The van der Waals surface area contributed by atoms with Gasteiger partial charge in [-0.25, -0.2) is 17.2 Å². The van der Waals surface area contributed by atoms with Crippen LogP contribution in [-0.2, 0) is 14.8 Å². The first-order chi connectivity index (χ1) is 9.00. The Morgan fingerprint density at radius 1 is 1.16 bits per heavy atom. The fourth-order valence-corrected chi connectivity index (χ4v) is 2.75. The fraction of sp³-hybridized carbons (Fsp3) is 0. The molecule has 0 spiro atoms. The molecule has 0 saturated heterocycles. The predicted octanol–water partition coefficient (Wildman–Crippen LogP) is 1.82. The molecule has 98 valence electrons. The summed E-state index contributed by atoms with van der Waals surface area (Å²) in [5, 5.41) is 8.51. The maximum absolute atomic E-state index is 12.2. The Labute approximate surface area is 110 Å². The van der Waals surface area contributed by atoms with Crippen molar-refractivity contribution in [3.05, 3.63) is 60.4 Å². The van der Waals surface area contributed by atoms with Gasteiger partial charge in [0.2, 0.25) is 0 Å². The largest absolute Gasteiger partial charge is 0.478 e. The molecule has 1 aromatic heterocycles. The summed E-state index contributed by atoms with van der Waals surface area (Å²) < 4.78 is 25.5. The summed E-state index contributed by atoms with van der Waals surface area (Å²) in [6.45, 7) is 0. The van der Waals surface area contributed by atoms with E-state index >= 15 is 0 Å². The number of rotatable bonds is 4. The molecule has 19 heavy (non-hydrogen) atoms. The summed E-state index contributed by atoms with van der Waals surface area (Å²) in [6, 6.07) is 9.54. The van der Waals surface area contributed by atoms with E-state index in [1.165, 1.54) is 36.7 Å². The lowest BCUT2D eigenvalue weighted by Crippen LogP contribution is -2.10. The zero-order chi connectivity index (χ0) is 13.9. The van der Waals surface area contributed by atoms with Gasteiger partial charge in [-0.15, -0.1) is 0 Å². The number of benzene rings is 1. The Bertz CT molecular complexity index is 714. The van der Waals surface area contributed by atoms with Gasteiger partial charge in [0, 0.05) is 18.5 Å². The van der Waals surface area contributed by atoms with Crippen molar-refractivity contribution in [2.24, 2.45) is 0 Å². The summed E-state index contributed by atoms with van der Waals surface area (Å²) in [5.74, 6) is -1.08. The molecule has 1 aromatic carbocycles. The molecule has 0 fully saturated rings. The van der Waals surface area contributed by atoms with E-state index in [4.69, 9.17) is 5.11 Å². The van der Waals surface area contributed by atoms with Crippen LogP contribution in [0.25, 0.3) is 6.08 Å². The second-order valence-electron chi connectivity index (χ2n) is 3.76. The van der Waals surface area contributed by atoms with E-state index in [9.17, 15) is 13.2 Å². The molecule has 0 aliphatic rings. The molecule has 0 radical (unpaired) electrons. The summed E-state index contributed by atoms with van der Waals surface area (Å²) >= 11 is 0. The highest BCUT2D eigenvalue weighted by molar-refractivity contribution is 7.90. The van der Waals surface area contributed by atoms with Gasteiger partial charge in [0.15, 0.2) is 0 Å². The van der Waals surface area contributed by atoms with Gasteiger partial charge in [-0.05, 0) is 29.8 Å². The monoisotopic (exact) mass is 277 g/mol. The molecule has 2 aromatic rings. The molecule has 0 bridgehead atoms. The summed E-state index contributed by atoms with van der Waals surface area (Å²) in [4.78, 5) is 10.6. The minimum Gasteiger partial charge on any atom is -0.478 e. The number of aliphatic carboxylic acids is 1. The summed E-state index contributed by atoms with van der Waals surface area (Å²) in [5.41, 5.74) is 0.502. The quantitative estimate of drug-likeness (QED) is 0.865. The van der Waals surface area contributed by atoms with Crippen LogP contribution in [0.1, 0.15) is 5.56 Å². The first-order valence-corrected chi connectivity index (χ1v) is 6.84. The molecule has 1 heterocycles. The van der Waals surface area contributed by atoms with Crippen molar-refractivity contribution >= 4 is 22.1 Å². The molecule has 0 atom stereocenters. The Kier molecular flexibility index (Phi) is 3.52. The van der Waals surface area contributed by atoms with Crippen molar-refractivity contribution in [2.75, 3.05) is 0 Å². The van der Waals surface area contributed by atoms with Crippen LogP contribution in [0.5, 0.6) is 0 Å². The van der Waals surface area contributed by atoms with Crippen LogP contribution >= 0.6 is 0 Å². The molecule has 6 heteroatoms. The van der Waals surface area contributed by atoms with Crippen molar-refractivity contribution in [3.63, 3.8) is 0 Å². The van der Waals surface area contributed by atoms with E-state index < -0.39 is 16.0 Å². The van der Waals surface area contributed by atoms with Crippen molar-refractivity contribution in [2.45, 2.75) is 4.90 Å². The second-order valence-corrected chi connectivity index (χ2v) is 5.61. The third kappa shape index (κ3) is 2.92. The molecule has 0 unspecified atom stereocenters. The van der Waals surface area contributed by atoms with Crippen LogP contribution in [0.15, 0.2) is 59.8 Å². The number of hydrogen-bond donors (Lipinski definition) is 1. The number of aromatic nitrogens is 1. The van der Waals surface area contributed by atoms with Gasteiger partial charge < -0.3 is 5.11 Å². The van der Waals surface area contributed by atoms with Crippen molar-refractivity contribution < 1.29 is 18.3 Å². The van der Waals surface area contributed by atoms with Gasteiger partial charge in [-0.3, -0.25) is 0 Å². The van der Waals surface area contributed by atoms with Crippen LogP contribution in [0, 0.1) is 0 Å². The predicted molar refractivity (Wildman–Crippen MR) is 70.1 cm³/mol. The Hall–Kier alpha value is -2.34. The van der Waals surface area contributed by atoms with Gasteiger partial charge in [0.1, 0.15) is 0 Å². The molecule has 0 aliphatic heterocycles. The zero-order valence-corrected chi connectivity index (χ0v) is 10.6. The summed E-state index contributed by atoms with van der Waals surface area (Å²) in [7, 11) is -3.62. The molecule has 2 rings (SSSR count). The van der Waals surface area contributed by atoms with Crippen molar-refractivity contribution in [1.29, 1.82) is 0 Å². The SMILES string of the molecule is O=C(O)/C=C/c1ccn(S(=O)(=O)c2ccccc2)c1. The number of nitrogens with zero attached hydrogens (tertiary/aromatic N) is 1. The normalized spacial score (nSPS) is 11.8. The Morgan fingerprint density at radius 3 is 2.47 bits per heavy atom. The second kappa shape index (κ2) is 5.11. The highest BCUT2D eigenvalue weighted by Gasteiger charge is 2.15. The third-order valence-corrected chi connectivity index (χ3v) is 4.08. The van der Waals surface area contributed by atoms with E-state index in [0.717, 1.165) is 10.0 Å². The van der Waals surface area contributed by atoms with Crippen LogP contribution in [0.3, 0.4) is 0 Å². The first-order valence-electron chi connectivity index (χ1n) is 5.40. The molecule has 0 amide bonds. The Morgan fingerprint density at radius 2 is 1.84 bits per heavy atom. The van der Waals surface area contributed by atoms with Crippen molar-refractivity contribution in [3.8, 4) is 0 Å². The van der Waals surface area contributed by atoms with Gasteiger partial charge in [0.25, 0.3) is 10.0 Å². The maximum Gasteiger partial charge on any atom is 0.328 e. The third-order valence-electron chi connectivity index (χ3n) is 2.43. The van der Waals surface area contributed by atoms with Gasteiger partial charge >= 0.3 is 5.97 Å². The minimum atomic E-state index is -3.62. The van der Waals surface area contributed by atoms with Gasteiger partial charge in [0.05, 0.1) is 4.90 Å². The van der Waals surface area contributed by atoms with Crippen LogP contribution in [0.2, 0.25) is 0 Å². The smallest absolute Gasteiger partial charge is 0.328 e. The molecule has 0 aliphatic carbocycles. The number of carboxylic acids is 1. The summed E-state index contributed by atoms with van der Waals surface area (Å²) in [6.07, 6.45) is 5.03. The van der Waals surface area contributed by atoms with E-state index in [0.29, 0.717) is 5.56 Å². The highest BCUT2D eigenvalue weighted by atomic mass is 32.2. The lowest BCUT2D eigenvalue weighted by molar-refractivity contribution is -0.131. The molecule has 0 saturated carbocycles. The van der Waals surface area contributed by atoms with Gasteiger partial charge in [-0.1, -0.05) is 18.2 Å². The van der Waals surface area contributed by atoms with E-state index in [1.807, 2.05) is 0 Å². The molecule has 5 nitrogen and oxygen atoms in total. The lowest BCUT2D eigenvalue weighted by Gasteiger charge is -2.04. The average molecular weight is 277 g/mol. The van der Waals surface area contributed by atoms with Crippen LogP contribution in [-0.4, -0.2) is 23.5 Å². The highest BCUT2D eigenvalue weighted by Crippen LogP contribution is 2.15. The van der Waals surface area contributed by atoms with Crippen LogP contribution in [0.4, 0.5) is 0 Å². The van der Waals surface area contributed by atoms with E-state index in [-0.39, 0.29) is 4.90 Å². The molecule has 1 N–H and O–H groups in total. The average Bonchev–Trinajstić information content (AvgIpc) is 2.87. The number of carboxylic acid groups (broad SMARTS) is 1. The zero-order valence-electron chi connectivity index (χ0n) is 9.80. The maximum atomic E-state index is 12.2. The standard InChI is InChI=1S/C13H11NO4S/c15-13(16)7-6-11-8-9-14(10-11)19(17,18)12-4-2-1-3-5-12/h1-10H,(H,15,16)/b7-6+. The first kappa shape index (κ1) is 13.1. The topological polar surface area (TPSA) is 76.4 Å². The van der Waals surface area contributed by atoms with Gasteiger partial charge in [-0.2, -0.15) is 0 Å². The number of carbonyl (C=O) groups is 1.